The zero-order valence-corrected chi connectivity index (χ0v) is 37.1. The molecule has 0 aromatic rings. The lowest BCUT2D eigenvalue weighted by Gasteiger charge is -2.18. The molecular weight excluding hydrogens is 693 g/mol. The van der Waals surface area contributed by atoms with Crippen LogP contribution in [0.15, 0.2) is 60.8 Å². The predicted octanol–water partition coefficient (Wildman–Crippen LogP) is 15.8. The molecule has 1 atom stereocenters. The average molecular weight is 783 g/mol. The third kappa shape index (κ3) is 44.3. The molecule has 0 saturated carbocycles. The van der Waals surface area contributed by atoms with Gasteiger partial charge in [0.1, 0.15) is 6.61 Å². The largest absolute Gasteiger partial charge is 0.462 e. The van der Waals surface area contributed by atoms with Crippen molar-refractivity contribution < 1.29 is 23.8 Å². The van der Waals surface area contributed by atoms with E-state index in [4.69, 9.17) is 14.2 Å². The Hall–Kier alpha value is -2.40. The molecule has 0 spiro atoms. The Kier molecular flexibility index (Phi) is 45.0. The van der Waals surface area contributed by atoms with E-state index in [1.165, 1.54) is 135 Å². The second-order valence-electron chi connectivity index (χ2n) is 15.6. The van der Waals surface area contributed by atoms with Crippen LogP contribution in [0.2, 0.25) is 0 Å². The predicted molar refractivity (Wildman–Crippen MR) is 242 cm³/mol. The monoisotopic (exact) mass is 783 g/mol. The Morgan fingerprint density at radius 2 is 0.839 bits per heavy atom. The summed E-state index contributed by atoms with van der Waals surface area (Å²) in [7, 11) is 0. The molecular formula is C51H90O5. The van der Waals surface area contributed by atoms with Crippen LogP contribution in [0.4, 0.5) is 0 Å². The lowest BCUT2D eigenvalue weighted by molar-refractivity contribution is -0.162. The molecule has 0 fully saturated rings. The summed E-state index contributed by atoms with van der Waals surface area (Å²) in [5.41, 5.74) is 0. The number of hydrogen-bond acceptors (Lipinski definition) is 5. The second kappa shape index (κ2) is 47.0. The van der Waals surface area contributed by atoms with Gasteiger partial charge in [-0.05, 0) is 70.6 Å². The van der Waals surface area contributed by atoms with Crippen LogP contribution in [0.5, 0.6) is 0 Å². The van der Waals surface area contributed by atoms with Crippen molar-refractivity contribution >= 4 is 11.9 Å². The minimum Gasteiger partial charge on any atom is -0.462 e. The van der Waals surface area contributed by atoms with E-state index in [0.717, 1.165) is 51.4 Å². The molecule has 0 heterocycles. The maximum Gasteiger partial charge on any atom is 0.306 e. The highest BCUT2D eigenvalue weighted by Gasteiger charge is 2.17. The smallest absolute Gasteiger partial charge is 0.306 e. The molecule has 0 aliphatic rings. The molecule has 0 saturated heterocycles. The van der Waals surface area contributed by atoms with Crippen LogP contribution in [0.1, 0.15) is 226 Å². The van der Waals surface area contributed by atoms with Gasteiger partial charge in [0.2, 0.25) is 0 Å². The van der Waals surface area contributed by atoms with Crippen molar-refractivity contribution in [1.82, 2.24) is 0 Å². The summed E-state index contributed by atoms with van der Waals surface area (Å²) in [6.07, 6.45) is 58.1. The third-order valence-electron chi connectivity index (χ3n) is 10.1. The van der Waals surface area contributed by atoms with Gasteiger partial charge < -0.3 is 14.2 Å². The van der Waals surface area contributed by atoms with E-state index in [1.54, 1.807) is 0 Å². The van der Waals surface area contributed by atoms with Gasteiger partial charge >= 0.3 is 11.9 Å². The Morgan fingerprint density at radius 3 is 1.36 bits per heavy atom. The fourth-order valence-electron chi connectivity index (χ4n) is 6.52. The van der Waals surface area contributed by atoms with Gasteiger partial charge in [-0.2, -0.15) is 0 Å². The summed E-state index contributed by atoms with van der Waals surface area (Å²) in [6.45, 7) is 7.62. The number of carbonyl (C=O) groups is 2. The molecule has 5 heteroatoms. The van der Waals surface area contributed by atoms with Gasteiger partial charge in [-0.1, -0.05) is 204 Å². The van der Waals surface area contributed by atoms with Gasteiger partial charge in [0.15, 0.2) is 6.10 Å². The van der Waals surface area contributed by atoms with E-state index in [2.05, 4.69) is 75.5 Å². The molecule has 0 aromatic carbocycles. The van der Waals surface area contributed by atoms with E-state index in [0.29, 0.717) is 25.9 Å². The molecule has 0 amide bonds. The van der Waals surface area contributed by atoms with Crippen molar-refractivity contribution in [2.75, 3.05) is 19.8 Å². The molecule has 0 rings (SSSR count). The quantitative estimate of drug-likeness (QED) is 0.0350. The summed E-state index contributed by atoms with van der Waals surface area (Å²) in [5.74, 6) is -0.491. The topological polar surface area (TPSA) is 61.8 Å². The first-order valence-electron chi connectivity index (χ1n) is 23.8. The van der Waals surface area contributed by atoms with Gasteiger partial charge in [-0.15, -0.1) is 0 Å². The van der Waals surface area contributed by atoms with E-state index in [-0.39, 0.29) is 25.2 Å². The SMILES string of the molecule is CC/C=C\C/C=C\C/C=C\C/C=C\CCC(=O)OCC(COCCCCCCCC/C=C\CCCCCCCC)OC(=O)CCCCCCCCCCCCC. The average Bonchev–Trinajstić information content (AvgIpc) is 3.20. The van der Waals surface area contributed by atoms with E-state index in [1.807, 2.05) is 6.08 Å². The summed E-state index contributed by atoms with van der Waals surface area (Å²) >= 11 is 0. The van der Waals surface area contributed by atoms with Gasteiger partial charge in [0.25, 0.3) is 0 Å². The molecule has 5 nitrogen and oxygen atoms in total. The number of ether oxygens (including phenoxy) is 3. The summed E-state index contributed by atoms with van der Waals surface area (Å²) < 4.78 is 17.3. The van der Waals surface area contributed by atoms with Crippen LogP contribution in [0, 0.1) is 0 Å². The number of esters is 2. The molecule has 324 valence electrons. The van der Waals surface area contributed by atoms with E-state index < -0.39 is 6.10 Å². The fraction of sp³-hybridized carbons (Fsp3) is 0.765. The number of carbonyl (C=O) groups excluding carboxylic acids is 2. The highest BCUT2D eigenvalue weighted by molar-refractivity contribution is 5.70. The van der Waals surface area contributed by atoms with Crippen LogP contribution in [0.25, 0.3) is 0 Å². The Labute approximate surface area is 347 Å². The van der Waals surface area contributed by atoms with Crippen molar-refractivity contribution in [3.63, 3.8) is 0 Å². The maximum atomic E-state index is 12.7. The van der Waals surface area contributed by atoms with Crippen molar-refractivity contribution in [2.24, 2.45) is 0 Å². The fourth-order valence-corrected chi connectivity index (χ4v) is 6.52. The summed E-state index contributed by atoms with van der Waals surface area (Å²) in [6, 6.07) is 0. The molecule has 0 aliphatic heterocycles. The van der Waals surface area contributed by atoms with Crippen molar-refractivity contribution in [2.45, 2.75) is 232 Å². The third-order valence-corrected chi connectivity index (χ3v) is 10.1. The van der Waals surface area contributed by atoms with Crippen molar-refractivity contribution in [3.05, 3.63) is 60.8 Å². The normalized spacial score (nSPS) is 12.7. The first-order chi connectivity index (χ1) is 27.6. The minimum atomic E-state index is -0.564. The van der Waals surface area contributed by atoms with Crippen molar-refractivity contribution in [3.8, 4) is 0 Å². The summed E-state index contributed by atoms with van der Waals surface area (Å²) in [4.78, 5) is 25.2. The highest BCUT2D eigenvalue weighted by Crippen LogP contribution is 2.14. The van der Waals surface area contributed by atoms with Crippen LogP contribution < -0.4 is 0 Å². The standard InChI is InChI=1S/C51H90O5/c1-4-7-10-13-16-19-22-24-25-26-28-31-34-37-40-43-46-54-47-49(56-51(53)45-42-39-36-33-29-21-18-15-12-9-6-3)48-55-50(52)44-41-38-35-32-30-27-23-20-17-14-11-8-5-2/h8,11,17,20,24-25,27,30,35,38,49H,4-7,9-10,12-16,18-19,21-23,26,28-29,31-34,36-37,39-48H2,1-3H3/b11-8-,20-17-,25-24-,30-27-,38-35-. The summed E-state index contributed by atoms with van der Waals surface area (Å²) in [5, 5.41) is 0. The Morgan fingerprint density at radius 1 is 0.411 bits per heavy atom. The van der Waals surface area contributed by atoms with E-state index in [9.17, 15) is 9.59 Å². The number of rotatable bonds is 43. The molecule has 0 N–H and O–H groups in total. The van der Waals surface area contributed by atoms with Crippen molar-refractivity contribution in [1.29, 1.82) is 0 Å². The van der Waals surface area contributed by atoms with Gasteiger partial charge in [0.05, 0.1) is 6.61 Å². The zero-order chi connectivity index (χ0) is 40.7. The molecule has 0 radical (unpaired) electrons. The zero-order valence-electron chi connectivity index (χ0n) is 37.1. The lowest BCUT2D eigenvalue weighted by Crippen LogP contribution is -2.30. The number of allylic oxidation sites excluding steroid dienone is 10. The van der Waals surface area contributed by atoms with Crippen LogP contribution >= 0.6 is 0 Å². The molecule has 0 aliphatic carbocycles. The van der Waals surface area contributed by atoms with E-state index >= 15 is 0 Å². The maximum absolute atomic E-state index is 12.7. The minimum absolute atomic E-state index is 0.0461. The first kappa shape index (κ1) is 53.6. The van der Waals surface area contributed by atoms with Crippen LogP contribution in [-0.4, -0.2) is 37.9 Å². The van der Waals surface area contributed by atoms with Gasteiger partial charge in [0, 0.05) is 19.4 Å². The molecule has 0 bridgehead atoms. The number of hydrogen-bond donors (Lipinski definition) is 0. The van der Waals surface area contributed by atoms with Gasteiger partial charge in [-0.3, -0.25) is 9.59 Å². The molecule has 1 unspecified atom stereocenters. The Balaban J connectivity index is 4.33. The number of unbranched alkanes of at least 4 members (excludes halogenated alkanes) is 22. The highest BCUT2D eigenvalue weighted by atomic mass is 16.6. The van der Waals surface area contributed by atoms with Crippen LogP contribution in [-0.2, 0) is 23.8 Å². The van der Waals surface area contributed by atoms with Gasteiger partial charge in [-0.25, -0.2) is 0 Å². The first-order valence-corrected chi connectivity index (χ1v) is 23.8. The molecule has 56 heavy (non-hydrogen) atoms. The molecule has 0 aromatic heterocycles. The lowest BCUT2D eigenvalue weighted by atomic mass is 10.1. The second-order valence-corrected chi connectivity index (χ2v) is 15.6. The Bertz CT molecular complexity index is 977. The van der Waals surface area contributed by atoms with Crippen LogP contribution in [0.3, 0.4) is 0 Å².